The maximum absolute atomic E-state index is 13.6. The minimum absolute atomic E-state index is 0.00350. The van der Waals surface area contributed by atoms with E-state index in [9.17, 15) is 14.7 Å². The number of ether oxygens (including phenoxy) is 3. The minimum atomic E-state index is -0.807. The summed E-state index contributed by atoms with van der Waals surface area (Å²) in [6.45, 7) is 12.6. The number of amides is 1. The number of carbonyl (C=O) groups excluding carboxylic acids is 2. The molecule has 7 nitrogen and oxygen atoms in total. The first-order valence-electron chi connectivity index (χ1n) is 13.9. The van der Waals surface area contributed by atoms with Crippen LogP contribution in [0, 0.1) is 0 Å². The highest BCUT2D eigenvalue weighted by atomic mass is 16.5. The average molecular weight is 558 g/mol. The van der Waals surface area contributed by atoms with E-state index < -0.39 is 17.7 Å². The lowest BCUT2D eigenvalue weighted by atomic mass is 9.84. The molecule has 3 aromatic carbocycles. The van der Waals surface area contributed by atoms with Gasteiger partial charge in [0.1, 0.15) is 23.0 Å². The monoisotopic (exact) mass is 557 g/mol. The molecule has 1 unspecified atom stereocenters. The van der Waals surface area contributed by atoms with Gasteiger partial charge in [0.2, 0.25) is 0 Å². The molecule has 1 amide bonds. The lowest BCUT2D eigenvalue weighted by molar-refractivity contribution is -0.140. The third-order valence-electron chi connectivity index (χ3n) is 6.96. The van der Waals surface area contributed by atoms with Gasteiger partial charge < -0.3 is 24.2 Å². The summed E-state index contributed by atoms with van der Waals surface area (Å²) in [6.07, 6.45) is -0.00350. The molecule has 0 aromatic heterocycles. The smallest absolute Gasteiger partial charge is 0.295 e. The highest BCUT2D eigenvalue weighted by Crippen LogP contribution is 2.42. The fraction of sp³-hybridized carbons (Fsp3) is 0.353. The molecule has 1 atom stereocenters. The van der Waals surface area contributed by atoms with Crippen LogP contribution in [-0.4, -0.2) is 41.5 Å². The zero-order valence-electron chi connectivity index (χ0n) is 24.9. The summed E-state index contributed by atoms with van der Waals surface area (Å²) in [5.41, 5.74) is 2.58. The van der Waals surface area contributed by atoms with Crippen molar-refractivity contribution in [1.29, 1.82) is 0 Å². The SMILES string of the molecule is CCOc1ccc(/C(O)=C2/C(=O)C(=O)N(Cc3cccc(OC)c3)C2c2ccc(OC(C)C)cc2)cc1C(C)(C)C. The molecule has 0 radical (unpaired) electrons. The summed E-state index contributed by atoms with van der Waals surface area (Å²) in [4.78, 5) is 28.6. The molecule has 3 aromatic rings. The maximum atomic E-state index is 13.6. The van der Waals surface area contributed by atoms with Gasteiger partial charge in [-0.05, 0) is 79.8 Å². The molecule has 1 N–H and O–H groups in total. The molecule has 1 heterocycles. The normalized spacial score (nSPS) is 16.8. The Labute approximate surface area is 242 Å². The Morgan fingerprint density at radius 2 is 1.68 bits per heavy atom. The van der Waals surface area contributed by atoms with E-state index in [4.69, 9.17) is 14.2 Å². The summed E-state index contributed by atoms with van der Waals surface area (Å²) >= 11 is 0. The van der Waals surface area contributed by atoms with Crippen molar-refractivity contribution in [3.05, 3.63) is 94.6 Å². The van der Waals surface area contributed by atoms with Gasteiger partial charge in [-0.2, -0.15) is 0 Å². The first-order valence-corrected chi connectivity index (χ1v) is 13.9. The van der Waals surface area contributed by atoms with Gasteiger partial charge in [0.25, 0.3) is 11.7 Å². The quantitative estimate of drug-likeness (QED) is 0.177. The lowest BCUT2D eigenvalue weighted by Gasteiger charge is -2.26. The van der Waals surface area contributed by atoms with Crippen molar-refractivity contribution in [3.8, 4) is 17.2 Å². The molecule has 1 aliphatic heterocycles. The van der Waals surface area contributed by atoms with E-state index in [-0.39, 0.29) is 29.4 Å². The molecule has 7 heteroatoms. The van der Waals surface area contributed by atoms with Gasteiger partial charge in [0.15, 0.2) is 0 Å². The van der Waals surface area contributed by atoms with Crippen molar-refractivity contribution in [1.82, 2.24) is 4.90 Å². The third-order valence-corrected chi connectivity index (χ3v) is 6.96. The van der Waals surface area contributed by atoms with E-state index in [1.54, 1.807) is 19.2 Å². The Morgan fingerprint density at radius 1 is 0.976 bits per heavy atom. The number of hydrogen-bond acceptors (Lipinski definition) is 6. The van der Waals surface area contributed by atoms with E-state index >= 15 is 0 Å². The minimum Gasteiger partial charge on any atom is -0.507 e. The molecule has 216 valence electrons. The first kappa shape index (κ1) is 29.7. The van der Waals surface area contributed by atoms with E-state index in [1.807, 2.05) is 75.4 Å². The van der Waals surface area contributed by atoms with Crippen LogP contribution in [-0.2, 0) is 21.5 Å². The van der Waals surface area contributed by atoms with Crippen LogP contribution in [0.4, 0.5) is 0 Å². The van der Waals surface area contributed by atoms with Crippen molar-refractivity contribution in [2.24, 2.45) is 0 Å². The third kappa shape index (κ3) is 6.40. The molecule has 0 bridgehead atoms. The van der Waals surface area contributed by atoms with Gasteiger partial charge in [-0.3, -0.25) is 9.59 Å². The number of aliphatic hydroxyl groups is 1. The Hall–Kier alpha value is -4.26. The molecular formula is C34H39NO6. The van der Waals surface area contributed by atoms with Gasteiger partial charge in [0, 0.05) is 17.7 Å². The molecule has 1 aliphatic rings. The highest BCUT2D eigenvalue weighted by Gasteiger charge is 2.46. The molecule has 4 rings (SSSR count). The Bertz CT molecular complexity index is 1450. The standard InChI is InChI=1S/C34H39NO6/c1-8-40-28-17-14-24(19-27(28)34(4,5)6)31(36)29-30(23-12-15-25(16-13-23)41-21(2)3)35(33(38)32(29)37)20-22-10-9-11-26(18-22)39-7/h9-19,21,30,36H,8,20H2,1-7H3/b31-29-. The summed E-state index contributed by atoms with van der Waals surface area (Å²) in [6, 6.07) is 19.2. The number of carbonyl (C=O) groups is 2. The Morgan fingerprint density at radius 3 is 2.29 bits per heavy atom. The van der Waals surface area contributed by atoms with E-state index in [2.05, 4.69) is 20.8 Å². The molecule has 1 fully saturated rings. The predicted molar refractivity (Wildman–Crippen MR) is 159 cm³/mol. The van der Waals surface area contributed by atoms with Crippen LogP contribution < -0.4 is 14.2 Å². The molecule has 41 heavy (non-hydrogen) atoms. The first-order chi connectivity index (χ1) is 19.4. The molecule has 0 saturated carbocycles. The van der Waals surface area contributed by atoms with E-state index in [1.165, 1.54) is 4.90 Å². The fourth-order valence-corrected chi connectivity index (χ4v) is 5.06. The number of benzene rings is 3. The van der Waals surface area contributed by atoms with Gasteiger partial charge in [0.05, 0.1) is 31.4 Å². The second-order valence-electron chi connectivity index (χ2n) is 11.4. The van der Waals surface area contributed by atoms with Crippen LogP contribution in [0.1, 0.15) is 69.8 Å². The number of hydrogen-bond donors (Lipinski definition) is 1. The predicted octanol–water partition coefficient (Wildman–Crippen LogP) is 6.80. The molecule has 1 saturated heterocycles. The van der Waals surface area contributed by atoms with Crippen LogP contribution in [0.25, 0.3) is 5.76 Å². The maximum Gasteiger partial charge on any atom is 0.295 e. The van der Waals surface area contributed by atoms with Gasteiger partial charge in [-0.15, -0.1) is 0 Å². The number of rotatable bonds is 9. The number of nitrogens with zero attached hydrogens (tertiary/aromatic N) is 1. The zero-order valence-corrected chi connectivity index (χ0v) is 24.9. The van der Waals surface area contributed by atoms with Crippen LogP contribution in [0.15, 0.2) is 72.3 Å². The second kappa shape index (κ2) is 12.1. The van der Waals surface area contributed by atoms with Gasteiger partial charge in [-0.25, -0.2) is 0 Å². The number of ketones is 1. The Balaban J connectivity index is 1.87. The van der Waals surface area contributed by atoms with Crippen LogP contribution in [0.2, 0.25) is 0 Å². The largest absolute Gasteiger partial charge is 0.507 e. The summed E-state index contributed by atoms with van der Waals surface area (Å²) in [5.74, 6) is 0.405. The number of methoxy groups -OCH3 is 1. The van der Waals surface area contributed by atoms with Crippen molar-refractivity contribution >= 4 is 17.4 Å². The van der Waals surface area contributed by atoms with Crippen LogP contribution in [0.5, 0.6) is 17.2 Å². The zero-order chi connectivity index (χ0) is 29.9. The van der Waals surface area contributed by atoms with Crippen molar-refractivity contribution in [2.45, 2.75) is 65.6 Å². The van der Waals surface area contributed by atoms with Crippen molar-refractivity contribution < 1.29 is 28.9 Å². The summed E-state index contributed by atoms with van der Waals surface area (Å²) in [5, 5.41) is 11.7. The van der Waals surface area contributed by atoms with E-state index in [0.717, 1.165) is 11.1 Å². The van der Waals surface area contributed by atoms with Crippen LogP contribution in [0.3, 0.4) is 0 Å². The number of likely N-dealkylation sites (tertiary alicyclic amines) is 1. The van der Waals surface area contributed by atoms with Crippen LogP contribution >= 0.6 is 0 Å². The Kier molecular flexibility index (Phi) is 8.76. The highest BCUT2D eigenvalue weighted by molar-refractivity contribution is 6.46. The van der Waals surface area contributed by atoms with Crippen molar-refractivity contribution in [2.75, 3.05) is 13.7 Å². The molecule has 0 spiro atoms. The van der Waals surface area contributed by atoms with E-state index in [0.29, 0.717) is 35.0 Å². The topological polar surface area (TPSA) is 85.3 Å². The van der Waals surface area contributed by atoms with Gasteiger partial charge in [-0.1, -0.05) is 45.0 Å². The average Bonchev–Trinajstić information content (AvgIpc) is 3.17. The molecular weight excluding hydrogens is 518 g/mol. The number of Topliss-reactive ketones (excluding diaryl/α,β-unsaturated/α-hetero) is 1. The lowest BCUT2D eigenvalue weighted by Crippen LogP contribution is -2.29. The fourth-order valence-electron chi connectivity index (χ4n) is 5.06. The van der Waals surface area contributed by atoms with Crippen molar-refractivity contribution in [3.63, 3.8) is 0 Å². The second-order valence-corrected chi connectivity index (χ2v) is 11.4. The van der Waals surface area contributed by atoms with Gasteiger partial charge >= 0.3 is 0 Å². The molecule has 0 aliphatic carbocycles. The number of aliphatic hydroxyl groups excluding tert-OH is 1. The summed E-state index contributed by atoms with van der Waals surface area (Å²) < 4.78 is 17.0. The summed E-state index contributed by atoms with van der Waals surface area (Å²) in [7, 11) is 1.58.